The van der Waals surface area contributed by atoms with Gasteiger partial charge in [-0.05, 0) is 24.0 Å². The number of fused-ring (bicyclic) bond motifs is 3. The minimum Gasteiger partial charge on any atom is -0.323 e. The smallest absolute Gasteiger partial charge is 0.182 e. The van der Waals surface area contributed by atoms with Gasteiger partial charge < -0.3 is 4.90 Å². The zero-order valence-electron chi connectivity index (χ0n) is 14.5. The average molecular weight is 349 g/mol. The number of hydrogen-bond acceptors (Lipinski definition) is 2. The Hall–Kier alpha value is -2.00. The highest BCUT2D eigenvalue weighted by Crippen LogP contribution is 2.66. The largest absolute Gasteiger partial charge is 0.323 e. The van der Waals surface area contributed by atoms with E-state index in [4.69, 9.17) is 0 Å². The SMILES string of the molecule is C=C1c2cccc3c2N2C(=C(F)SC2C1(CC)CC)c1ccccc1-3. The predicted molar refractivity (Wildman–Crippen MR) is 106 cm³/mol. The maximum absolute atomic E-state index is 15.2. The molecule has 25 heavy (non-hydrogen) atoms. The molecule has 0 spiro atoms. The molecule has 1 atom stereocenters. The van der Waals surface area contributed by atoms with Crippen LogP contribution in [0.4, 0.5) is 10.1 Å². The van der Waals surface area contributed by atoms with Gasteiger partial charge in [-0.15, -0.1) is 0 Å². The van der Waals surface area contributed by atoms with Gasteiger partial charge in [0.1, 0.15) is 0 Å². The van der Waals surface area contributed by atoms with E-state index < -0.39 is 0 Å². The lowest BCUT2D eigenvalue weighted by Crippen LogP contribution is -2.47. The van der Waals surface area contributed by atoms with Gasteiger partial charge in [0.25, 0.3) is 0 Å². The van der Waals surface area contributed by atoms with Crippen molar-refractivity contribution in [2.24, 2.45) is 5.41 Å². The summed E-state index contributed by atoms with van der Waals surface area (Å²) in [5, 5.41) is -0.00844. The quantitative estimate of drug-likeness (QED) is 0.595. The topological polar surface area (TPSA) is 3.24 Å². The van der Waals surface area contributed by atoms with Crippen LogP contribution in [0.2, 0.25) is 0 Å². The van der Waals surface area contributed by atoms with E-state index in [1.165, 1.54) is 22.9 Å². The Kier molecular flexibility index (Phi) is 3.06. The summed E-state index contributed by atoms with van der Waals surface area (Å²) in [4.78, 5) is 2.27. The predicted octanol–water partition coefficient (Wildman–Crippen LogP) is 6.68. The van der Waals surface area contributed by atoms with E-state index in [1.807, 2.05) is 18.2 Å². The van der Waals surface area contributed by atoms with Gasteiger partial charge in [-0.2, -0.15) is 4.39 Å². The maximum atomic E-state index is 15.2. The molecular formula is C22H20FNS. The summed E-state index contributed by atoms with van der Waals surface area (Å²) < 4.78 is 15.2. The molecule has 3 heteroatoms. The second kappa shape index (κ2) is 5.01. The fraction of sp³-hybridized carbons (Fsp3) is 0.273. The van der Waals surface area contributed by atoms with Crippen LogP contribution in [0.1, 0.15) is 37.8 Å². The number of benzene rings is 2. The molecule has 0 radical (unpaired) electrons. The summed E-state index contributed by atoms with van der Waals surface area (Å²) in [6.07, 6.45) is 1.92. The van der Waals surface area contributed by atoms with Crippen molar-refractivity contribution < 1.29 is 4.39 Å². The Bertz CT molecular complexity index is 954. The molecule has 0 N–H and O–H groups in total. The molecule has 3 aliphatic rings. The molecule has 0 fully saturated rings. The molecule has 0 saturated heterocycles. The number of nitrogens with zero attached hydrogens (tertiary/aromatic N) is 1. The third kappa shape index (κ3) is 1.65. The van der Waals surface area contributed by atoms with E-state index in [9.17, 15) is 0 Å². The van der Waals surface area contributed by atoms with Gasteiger partial charge in [-0.3, -0.25) is 0 Å². The van der Waals surface area contributed by atoms with Gasteiger partial charge in [0.15, 0.2) is 5.16 Å². The monoisotopic (exact) mass is 349 g/mol. The van der Waals surface area contributed by atoms with Crippen LogP contribution in [-0.2, 0) is 0 Å². The Labute approximate surface area is 152 Å². The van der Waals surface area contributed by atoms with Crippen molar-refractivity contribution in [3.8, 4) is 11.1 Å². The van der Waals surface area contributed by atoms with E-state index in [2.05, 4.69) is 49.6 Å². The summed E-state index contributed by atoms with van der Waals surface area (Å²) in [7, 11) is 0. The highest BCUT2D eigenvalue weighted by atomic mass is 32.2. The molecule has 1 nitrogen and oxygen atoms in total. The Morgan fingerprint density at radius 2 is 1.64 bits per heavy atom. The number of anilines is 1. The van der Waals surface area contributed by atoms with Crippen LogP contribution < -0.4 is 4.90 Å². The summed E-state index contributed by atoms with van der Waals surface area (Å²) in [5.74, 6) is 0. The number of hydrogen-bond donors (Lipinski definition) is 0. The van der Waals surface area contributed by atoms with Gasteiger partial charge in [0, 0.05) is 22.1 Å². The lowest BCUT2D eigenvalue weighted by Gasteiger charge is -2.51. The third-order valence-electron chi connectivity index (χ3n) is 6.29. The molecule has 3 heterocycles. The normalized spacial score (nSPS) is 22.1. The molecule has 0 bridgehead atoms. The van der Waals surface area contributed by atoms with E-state index in [0.29, 0.717) is 0 Å². The van der Waals surface area contributed by atoms with Crippen molar-refractivity contribution in [1.82, 2.24) is 0 Å². The van der Waals surface area contributed by atoms with Crippen LogP contribution in [0.5, 0.6) is 0 Å². The first-order valence-corrected chi connectivity index (χ1v) is 9.80. The molecule has 0 aromatic heterocycles. The second-order valence-electron chi connectivity index (χ2n) is 7.05. The summed E-state index contributed by atoms with van der Waals surface area (Å²) in [6.45, 7) is 8.91. The van der Waals surface area contributed by atoms with Crippen molar-refractivity contribution in [2.45, 2.75) is 32.1 Å². The lowest BCUT2D eigenvalue weighted by molar-refractivity contribution is 0.354. The molecule has 5 rings (SSSR count). The highest BCUT2D eigenvalue weighted by Gasteiger charge is 2.54. The molecule has 2 aromatic carbocycles. The van der Waals surface area contributed by atoms with Crippen molar-refractivity contribution in [1.29, 1.82) is 0 Å². The third-order valence-corrected chi connectivity index (χ3v) is 7.57. The first kappa shape index (κ1) is 15.3. The van der Waals surface area contributed by atoms with Crippen molar-refractivity contribution in [3.63, 3.8) is 0 Å². The maximum Gasteiger partial charge on any atom is 0.182 e. The zero-order valence-corrected chi connectivity index (χ0v) is 15.3. The van der Waals surface area contributed by atoms with E-state index in [0.717, 1.165) is 40.9 Å². The van der Waals surface area contributed by atoms with Gasteiger partial charge in [0.05, 0.1) is 16.8 Å². The zero-order chi connectivity index (χ0) is 17.3. The molecule has 2 aromatic rings. The van der Waals surface area contributed by atoms with Gasteiger partial charge >= 0.3 is 0 Å². The van der Waals surface area contributed by atoms with Crippen molar-refractivity contribution >= 4 is 28.7 Å². The van der Waals surface area contributed by atoms with Crippen LogP contribution >= 0.6 is 11.8 Å². The molecule has 3 aliphatic heterocycles. The number of halogens is 1. The van der Waals surface area contributed by atoms with Crippen LogP contribution in [0.3, 0.4) is 0 Å². The van der Waals surface area contributed by atoms with E-state index >= 15 is 4.39 Å². The molecular weight excluding hydrogens is 329 g/mol. The molecule has 0 saturated carbocycles. The Morgan fingerprint density at radius 3 is 2.36 bits per heavy atom. The number of para-hydroxylation sites is 1. The molecule has 0 aliphatic carbocycles. The van der Waals surface area contributed by atoms with Crippen molar-refractivity contribution in [2.75, 3.05) is 4.90 Å². The number of thioether (sulfide) groups is 1. The van der Waals surface area contributed by atoms with Crippen LogP contribution in [-0.4, -0.2) is 5.37 Å². The second-order valence-corrected chi connectivity index (χ2v) is 8.09. The molecule has 0 amide bonds. The minimum atomic E-state index is -0.109. The highest BCUT2D eigenvalue weighted by molar-refractivity contribution is 8.04. The Morgan fingerprint density at radius 1 is 1.00 bits per heavy atom. The van der Waals surface area contributed by atoms with Gasteiger partial charge in [0.2, 0.25) is 0 Å². The van der Waals surface area contributed by atoms with Gasteiger partial charge in [-0.25, -0.2) is 0 Å². The number of rotatable bonds is 2. The first-order valence-electron chi connectivity index (χ1n) is 8.92. The van der Waals surface area contributed by atoms with Gasteiger partial charge in [-0.1, -0.05) is 74.7 Å². The Balaban J connectivity index is 1.92. The summed E-state index contributed by atoms with van der Waals surface area (Å²) in [6, 6.07) is 14.6. The van der Waals surface area contributed by atoms with E-state index in [-0.39, 0.29) is 15.9 Å². The van der Waals surface area contributed by atoms with E-state index in [1.54, 1.807) is 0 Å². The van der Waals surface area contributed by atoms with Crippen LogP contribution in [0.25, 0.3) is 22.4 Å². The average Bonchev–Trinajstić information content (AvgIpc) is 3.01. The summed E-state index contributed by atoms with van der Waals surface area (Å²) >= 11 is 1.38. The minimum absolute atomic E-state index is 0.0482. The standard InChI is InChI=1S/C22H20FNS/c1-4-22(5-2)13(3)14-11-8-12-16-15-9-6-7-10-17(15)19-20(23)25-21(22)24(19)18(14)16/h6-12,21H,3-5H2,1-2H3. The first-order chi connectivity index (χ1) is 12.1. The fourth-order valence-corrected chi connectivity index (χ4v) is 6.41. The lowest BCUT2D eigenvalue weighted by atomic mass is 9.68. The van der Waals surface area contributed by atoms with Crippen molar-refractivity contribution in [3.05, 3.63) is 65.3 Å². The van der Waals surface area contributed by atoms with Crippen LogP contribution in [0, 0.1) is 5.41 Å². The molecule has 1 unspecified atom stereocenters. The summed E-state index contributed by atoms with van der Waals surface area (Å²) in [5.41, 5.74) is 7.45. The van der Waals surface area contributed by atoms with Crippen LogP contribution in [0.15, 0.2) is 54.2 Å². The molecule has 126 valence electrons. The fourth-order valence-electron chi connectivity index (χ4n) is 4.87.